The Morgan fingerprint density at radius 1 is 1.18 bits per heavy atom. The van der Waals surface area contributed by atoms with Gasteiger partial charge in [0.1, 0.15) is 12.0 Å². The van der Waals surface area contributed by atoms with Gasteiger partial charge in [0.2, 0.25) is 0 Å². The fourth-order valence-electron chi connectivity index (χ4n) is 4.77. The van der Waals surface area contributed by atoms with Gasteiger partial charge in [-0.3, -0.25) is 0 Å². The number of hydrogen-bond donors (Lipinski definition) is 1. The molecule has 1 amide bonds. The van der Waals surface area contributed by atoms with Crippen molar-refractivity contribution in [3.63, 3.8) is 0 Å². The van der Waals surface area contributed by atoms with Crippen LogP contribution in [0.2, 0.25) is 0 Å². The maximum absolute atomic E-state index is 15.1. The number of ether oxygens (including phenoxy) is 2. The number of aromatic nitrogens is 4. The van der Waals surface area contributed by atoms with E-state index in [4.69, 9.17) is 9.47 Å². The third-order valence-corrected chi connectivity index (χ3v) is 6.58. The Morgan fingerprint density at radius 3 is 2.65 bits per heavy atom. The highest BCUT2D eigenvalue weighted by atomic mass is 19.1. The number of methoxy groups -OCH3 is 1. The molecule has 34 heavy (non-hydrogen) atoms. The molecular weight excluding hydrogens is 443 g/mol. The summed E-state index contributed by atoms with van der Waals surface area (Å²) in [5.41, 5.74) is 2.61. The van der Waals surface area contributed by atoms with E-state index in [9.17, 15) is 9.90 Å². The molecule has 0 bridgehead atoms. The van der Waals surface area contributed by atoms with Crippen molar-refractivity contribution in [2.24, 2.45) is 0 Å². The number of hydrogen-bond acceptors (Lipinski definition) is 7. The molecule has 0 saturated carbocycles. The fraction of sp³-hybridized carbons (Fsp3) is 0.478. The topological polar surface area (TPSA) is 106 Å². The molecule has 3 aromatic rings. The third kappa shape index (κ3) is 4.11. The van der Waals surface area contributed by atoms with E-state index >= 15 is 4.39 Å². The Kier molecular flexibility index (Phi) is 5.94. The Morgan fingerprint density at radius 2 is 1.94 bits per heavy atom. The van der Waals surface area contributed by atoms with Crippen molar-refractivity contribution in [3.05, 3.63) is 35.5 Å². The minimum Gasteiger partial charge on any atom is -0.467 e. The molecule has 2 aliphatic heterocycles. The molecule has 2 atom stereocenters. The van der Waals surface area contributed by atoms with Crippen LogP contribution in [0.4, 0.5) is 15.0 Å². The van der Waals surface area contributed by atoms with Gasteiger partial charge < -0.3 is 24.4 Å². The lowest BCUT2D eigenvalue weighted by molar-refractivity contribution is 0.0962. The molecule has 2 aliphatic rings. The van der Waals surface area contributed by atoms with Crippen LogP contribution < -0.4 is 9.64 Å². The van der Waals surface area contributed by atoms with Gasteiger partial charge >= 0.3 is 12.1 Å². The molecule has 2 aromatic heterocycles. The molecule has 180 valence electrons. The van der Waals surface area contributed by atoms with Crippen molar-refractivity contribution < 1.29 is 23.8 Å². The van der Waals surface area contributed by atoms with Crippen LogP contribution in [-0.2, 0) is 4.74 Å². The number of alkyl halides is 1. The molecular formula is C23H27FN6O4. The number of anilines is 1. The van der Waals surface area contributed by atoms with Crippen LogP contribution >= 0.6 is 0 Å². The molecule has 0 spiro atoms. The van der Waals surface area contributed by atoms with E-state index in [1.54, 1.807) is 10.9 Å². The maximum atomic E-state index is 15.1. The van der Waals surface area contributed by atoms with Gasteiger partial charge in [-0.1, -0.05) is 0 Å². The van der Waals surface area contributed by atoms with Gasteiger partial charge in [-0.2, -0.15) is 15.1 Å². The number of fused-ring (bicyclic) bond motifs is 1. The Balaban J connectivity index is 1.54. The number of carboxylic acid groups (broad SMARTS) is 1. The maximum Gasteiger partial charge on any atom is 0.407 e. The first kappa shape index (κ1) is 22.3. The highest BCUT2D eigenvalue weighted by molar-refractivity contribution is 5.82. The van der Waals surface area contributed by atoms with Crippen molar-refractivity contribution in [1.82, 2.24) is 24.6 Å². The lowest BCUT2D eigenvalue weighted by atomic mass is 9.85. The molecule has 0 radical (unpaired) electrons. The number of amides is 1. The first-order valence-corrected chi connectivity index (χ1v) is 11.3. The summed E-state index contributed by atoms with van der Waals surface area (Å²) in [6, 6.07) is 6.04. The molecule has 5 rings (SSSR count). The van der Waals surface area contributed by atoms with Gasteiger partial charge in [0.25, 0.3) is 0 Å². The van der Waals surface area contributed by atoms with Crippen molar-refractivity contribution in [2.45, 2.75) is 25.4 Å². The number of carbonyl (C=O) groups is 1. The van der Waals surface area contributed by atoms with Crippen LogP contribution in [0.25, 0.3) is 16.7 Å². The number of nitrogens with zero attached hydrogens (tertiary/aromatic N) is 6. The van der Waals surface area contributed by atoms with E-state index in [0.717, 1.165) is 45.8 Å². The SMILES string of the molecule is COc1nc(N2CCOCC2)cc(-n2ncc3cc(C)c(C4CCN(C(=O)O)CC4F)cc32)n1. The molecule has 2 saturated heterocycles. The fourth-order valence-corrected chi connectivity index (χ4v) is 4.77. The zero-order valence-electron chi connectivity index (χ0n) is 19.1. The highest BCUT2D eigenvalue weighted by Crippen LogP contribution is 2.35. The Labute approximate surface area is 195 Å². The summed E-state index contributed by atoms with van der Waals surface area (Å²) in [7, 11) is 1.52. The van der Waals surface area contributed by atoms with Crippen molar-refractivity contribution >= 4 is 22.8 Å². The Hall–Kier alpha value is -3.47. The summed E-state index contributed by atoms with van der Waals surface area (Å²) in [6.45, 7) is 4.82. The van der Waals surface area contributed by atoms with Gasteiger partial charge in [0.05, 0.1) is 38.6 Å². The largest absolute Gasteiger partial charge is 0.467 e. The van der Waals surface area contributed by atoms with Gasteiger partial charge in [-0.25, -0.2) is 13.9 Å². The lowest BCUT2D eigenvalue weighted by Crippen LogP contribution is -2.43. The molecule has 2 fully saturated rings. The molecule has 2 unspecified atom stereocenters. The predicted molar refractivity (Wildman–Crippen MR) is 123 cm³/mol. The second-order valence-corrected chi connectivity index (χ2v) is 8.63. The first-order chi connectivity index (χ1) is 16.4. The number of halogens is 1. The minimum absolute atomic E-state index is 0.122. The molecule has 1 N–H and O–H groups in total. The molecule has 0 aliphatic carbocycles. The lowest BCUT2D eigenvalue weighted by Gasteiger charge is -2.34. The number of morpholine rings is 1. The highest BCUT2D eigenvalue weighted by Gasteiger charge is 2.33. The summed E-state index contributed by atoms with van der Waals surface area (Å²) in [5, 5.41) is 14.7. The quantitative estimate of drug-likeness (QED) is 0.621. The normalized spacial score (nSPS) is 21.1. The second kappa shape index (κ2) is 9.05. The standard InChI is InChI=1S/C23H27FN6O4/c1-14-9-15-12-25-30(19(15)10-17(14)16-3-4-29(23(31)32)13-18(16)24)21-11-20(26-22(27-21)33-2)28-5-7-34-8-6-28/h9-12,16,18H,3-8,13H2,1-2H3,(H,31,32). The number of piperidine rings is 1. The third-order valence-electron chi connectivity index (χ3n) is 6.58. The molecule has 11 heteroatoms. The van der Waals surface area contributed by atoms with Gasteiger partial charge in [0.15, 0.2) is 5.82 Å². The number of aryl methyl sites for hydroxylation is 1. The summed E-state index contributed by atoms with van der Waals surface area (Å²) in [5.74, 6) is 0.897. The van der Waals surface area contributed by atoms with E-state index in [1.165, 1.54) is 7.11 Å². The van der Waals surface area contributed by atoms with Gasteiger partial charge in [-0.15, -0.1) is 0 Å². The first-order valence-electron chi connectivity index (χ1n) is 11.3. The summed E-state index contributed by atoms with van der Waals surface area (Å²) < 4.78 is 27.6. The molecule has 1 aromatic carbocycles. The van der Waals surface area contributed by atoms with Crippen molar-refractivity contribution in [3.8, 4) is 11.8 Å². The summed E-state index contributed by atoms with van der Waals surface area (Å²) >= 11 is 0. The van der Waals surface area contributed by atoms with Crippen LogP contribution in [0.15, 0.2) is 24.4 Å². The number of benzene rings is 1. The predicted octanol–water partition coefficient (Wildman–Crippen LogP) is 2.77. The van der Waals surface area contributed by atoms with Gasteiger partial charge in [0, 0.05) is 37.0 Å². The molecule has 4 heterocycles. The van der Waals surface area contributed by atoms with Crippen LogP contribution in [0.1, 0.15) is 23.5 Å². The van der Waals surface area contributed by atoms with E-state index in [-0.39, 0.29) is 18.5 Å². The van der Waals surface area contributed by atoms with E-state index in [2.05, 4.69) is 20.0 Å². The van der Waals surface area contributed by atoms with Gasteiger partial charge in [-0.05, 0) is 36.6 Å². The minimum atomic E-state index is -1.27. The average molecular weight is 471 g/mol. The Bertz CT molecular complexity index is 1210. The summed E-state index contributed by atoms with van der Waals surface area (Å²) in [4.78, 5) is 23.5. The van der Waals surface area contributed by atoms with E-state index < -0.39 is 12.3 Å². The van der Waals surface area contributed by atoms with Crippen molar-refractivity contribution in [1.29, 1.82) is 0 Å². The smallest absolute Gasteiger partial charge is 0.407 e. The van der Waals surface area contributed by atoms with E-state index in [0.29, 0.717) is 32.0 Å². The number of rotatable bonds is 4. The van der Waals surface area contributed by atoms with Crippen LogP contribution in [0, 0.1) is 6.92 Å². The van der Waals surface area contributed by atoms with E-state index in [1.807, 2.05) is 25.1 Å². The van der Waals surface area contributed by atoms with Crippen molar-refractivity contribution in [2.75, 3.05) is 51.4 Å². The molecule has 10 nitrogen and oxygen atoms in total. The second-order valence-electron chi connectivity index (χ2n) is 8.63. The average Bonchev–Trinajstić information content (AvgIpc) is 3.26. The number of likely N-dealkylation sites (tertiary alicyclic amines) is 1. The summed E-state index contributed by atoms with van der Waals surface area (Å²) in [6.07, 6.45) is -0.171. The van der Waals surface area contributed by atoms with Crippen LogP contribution in [0.3, 0.4) is 0 Å². The zero-order valence-corrected chi connectivity index (χ0v) is 19.1. The van der Waals surface area contributed by atoms with Crippen LogP contribution in [0.5, 0.6) is 6.01 Å². The zero-order chi connectivity index (χ0) is 23.8. The van der Waals surface area contributed by atoms with Crippen LogP contribution in [-0.4, -0.2) is 88.5 Å². The monoisotopic (exact) mass is 470 g/mol.